The highest BCUT2D eigenvalue weighted by Gasteiger charge is 2.32. The maximum absolute atomic E-state index is 11.4. The molecule has 0 saturated heterocycles. The number of hydrogen-bond acceptors (Lipinski definition) is 3. The second-order valence-electron chi connectivity index (χ2n) is 5.05. The average Bonchev–Trinajstić information content (AvgIpc) is 2.63. The zero-order valence-electron chi connectivity index (χ0n) is 10.2. The third-order valence-electron chi connectivity index (χ3n) is 2.71. The quantitative estimate of drug-likeness (QED) is 0.813. The van der Waals surface area contributed by atoms with E-state index in [4.69, 9.17) is 4.74 Å². The van der Waals surface area contributed by atoms with Crippen LogP contribution in [0.15, 0.2) is 12.3 Å². The highest BCUT2D eigenvalue weighted by atomic mass is 16.5. The summed E-state index contributed by atoms with van der Waals surface area (Å²) in [6, 6.07) is 1.87. The van der Waals surface area contributed by atoms with Gasteiger partial charge in [0.2, 0.25) is 0 Å². The van der Waals surface area contributed by atoms with Gasteiger partial charge >= 0.3 is 6.09 Å². The summed E-state index contributed by atoms with van der Waals surface area (Å²) in [5.74, 6) is 0.486. The first kappa shape index (κ1) is 11.9. The lowest BCUT2D eigenvalue weighted by molar-refractivity contribution is 0.134. The molecule has 1 aliphatic rings. The number of amides is 1. The molecule has 5 nitrogen and oxygen atoms in total. The number of nitrogens with zero attached hydrogens (tertiary/aromatic N) is 2. The van der Waals surface area contributed by atoms with Gasteiger partial charge in [0, 0.05) is 17.3 Å². The van der Waals surface area contributed by atoms with Crippen LogP contribution < -0.4 is 4.90 Å². The molecule has 0 aliphatic carbocycles. The Balaban J connectivity index is 2.52. The largest absolute Gasteiger partial charge is 0.465 e. The van der Waals surface area contributed by atoms with Crippen LogP contribution in [0.3, 0.4) is 0 Å². The van der Waals surface area contributed by atoms with Crippen molar-refractivity contribution in [2.75, 3.05) is 4.90 Å². The molecule has 1 N–H and O–H groups in total. The molecule has 0 atom stereocenters. The molecule has 0 unspecified atom stereocenters. The fourth-order valence-corrected chi connectivity index (χ4v) is 1.96. The Bertz CT molecular complexity index is 452. The minimum Gasteiger partial charge on any atom is -0.465 e. The van der Waals surface area contributed by atoms with E-state index in [0.29, 0.717) is 19.0 Å². The van der Waals surface area contributed by atoms with Gasteiger partial charge in [0.1, 0.15) is 5.82 Å². The van der Waals surface area contributed by atoms with Crippen molar-refractivity contribution in [3.8, 4) is 0 Å². The van der Waals surface area contributed by atoms with Gasteiger partial charge in [-0.05, 0) is 32.4 Å². The predicted octanol–water partition coefficient (Wildman–Crippen LogP) is 2.39. The predicted molar refractivity (Wildman–Crippen MR) is 63.0 cm³/mol. The summed E-state index contributed by atoms with van der Waals surface area (Å²) in [5.41, 5.74) is 1.37. The number of rotatable bonds is 1. The summed E-state index contributed by atoms with van der Waals surface area (Å²) in [6.07, 6.45) is 0.634. The Morgan fingerprint density at radius 2 is 2.18 bits per heavy atom. The molecular formula is C12H16N2O3. The van der Waals surface area contributed by atoms with Crippen molar-refractivity contribution < 1.29 is 14.6 Å². The van der Waals surface area contributed by atoms with Gasteiger partial charge < -0.3 is 9.84 Å². The van der Waals surface area contributed by atoms with Gasteiger partial charge in [0.15, 0.2) is 0 Å². The minimum absolute atomic E-state index is 0.429. The average molecular weight is 236 g/mol. The summed E-state index contributed by atoms with van der Waals surface area (Å²) >= 11 is 0. The Hall–Kier alpha value is -1.62. The number of hydrogen-bond donors (Lipinski definition) is 1. The van der Waals surface area contributed by atoms with Crippen LogP contribution >= 0.6 is 0 Å². The third-order valence-corrected chi connectivity index (χ3v) is 2.71. The topological polar surface area (TPSA) is 62.7 Å². The summed E-state index contributed by atoms with van der Waals surface area (Å²) < 4.78 is 5.34. The lowest BCUT2D eigenvalue weighted by atomic mass is 10.0. The molecule has 1 aromatic heterocycles. The first-order chi connectivity index (χ1) is 7.91. The smallest absolute Gasteiger partial charge is 0.413 e. The van der Waals surface area contributed by atoms with E-state index in [2.05, 4.69) is 4.98 Å². The molecule has 0 aromatic carbocycles. The summed E-state index contributed by atoms with van der Waals surface area (Å²) in [4.78, 5) is 16.9. The molecule has 1 aromatic rings. The van der Waals surface area contributed by atoms with Gasteiger partial charge in [-0.25, -0.2) is 9.78 Å². The van der Waals surface area contributed by atoms with Crippen molar-refractivity contribution in [3.63, 3.8) is 0 Å². The lowest BCUT2D eigenvalue weighted by Crippen LogP contribution is -2.46. The first-order valence-electron chi connectivity index (χ1n) is 5.49. The number of aromatic nitrogens is 1. The zero-order chi connectivity index (χ0) is 12.6. The molecular weight excluding hydrogens is 220 g/mol. The van der Waals surface area contributed by atoms with Crippen LogP contribution in [0, 0.1) is 0 Å². The molecule has 1 aliphatic heterocycles. The second-order valence-corrected chi connectivity index (χ2v) is 5.05. The van der Waals surface area contributed by atoms with Crippen molar-refractivity contribution in [2.24, 2.45) is 0 Å². The molecule has 0 radical (unpaired) electrons. The number of ether oxygens (including phenoxy) is 1. The van der Waals surface area contributed by atoms with E-state index in [1.54, 1.807) is 6.20 Å². The van der Waals surface area contributed by atoms with Crippen LogP contribution in [0.25, 0.3) is 0 Å². The molecule has 1 amide bonds. The molecule has 0 fully saturated rings. The second kappa shape index (κ2) is 4.00. The van der Waals surface area contributed by atoms with Crippen LogP contribution in [-0.4, -0.2) is 21.7 Å². The first-order valence-corrected chi connectivity index (χ1v) is 5.49. The van der Waals surface area contributed by atoms with Gasteiger partial charge in [-0.2, -0.15) is 0 Å². The van der Waals surface area contributed by atoms with Gasteiger partial charge in [0.25, 0.3) is 0 Å². The number of fused-ring (bicyclic) bond motifs is 1. The number of carboxylic acid groups (broad SMARTS) is 1. The van der Waals surface area contributed by atoms with Gasteiger partial charge in [-0.15, -0.1) is 0 Å². The van der Waals surface area contributed by atoms with Crippen LogP contribution in [0.2, 0.25) is 0 Å². The summed E-state index contributed by atoms with van der Waals surface area (Å²) in [6.45, 7) is 6.49. The van der Waals surface area contributed by atoms with E-state index >= 15 is 0 Å². The monoisotopic (exact) mass is 236 g/mol. The lowest BCUT2D eigenvalue weighted by Gasteiger charge is -2.33. The third kappa shape index (κ3) is 2.10. The van der Waals surface area contributed by atoms with Crippen molar-refractivity contribution in [3.05, 3.63) is 23.4 Å². The molecule has 2 rings (SSSR count). The van der Waals surface area contributed by atoms with Crippen LogP contribution in [-0.2, 0) is 18.0 Å². The maximum Gasteiger partial charge on any atom is 0.413 e. The van der Waals surface area contributed by atoms with E-state index in [9.17, 15) is 9.90 Å². The van der Waals surface area contributed by atoms with E-state index in [1.807, 2.05) is 26.8 Å². The van der Waals surface area contributed by atoms with Crippen LogP contribution in [0.4, 0.5) is 10.6 Å². The zero-order valence-corrected chi connectivity index (χ0v) is 10.2. The van der Waals surface area contributed by atoms with Crippen LogP contribution in [0.5, 0.6) is 0 Å². The summed E-state index contributed by atoms with van der Waals surface area (Å²) in [5, 5.41) is 9.34. The maximum atomic E-state index is 11.4. The van der Waals surface area contributed by atoms with E-state index in [1.165, 1.54) is 4.90 Å². The molecule has 17 heavy (non-hydrogen) atoms. The minimum atomic E-state index is -0.995. The van der Waals surface area contributed by atoms with Crippen molar-refractivity contribution in [1.29, 1.82) is 0 Å². The van der Waals surface area contributed by atoms with Crippen molar-refractivity contribution in [1.82, 2.24) is 4.98 Å². The molecule has 2 heterocycles. The number of anilines is 1. The fourth-order valence-electron chi connectivity index (χ4n) is 1.96. The van der Waals surface area contributed by atoms with Crippen molar-refractivity contribution >= 4 is 11.9 Å². The normalized spacial score (nSPS) is 14.5. The fraction of sp³-hybridized carbons (Fsp3) is 0.500. The Morgan fingerprint density at radius 3 is 2.76 bits per heavy atom. The highest BCUT2D eigenvalue weighted by Crippen LogP contribution is 2.31. The molecule has 0 saturated carbocycles. The van der Waals surface area contributed by atoms with Crippen molar-refractivity contribution in [2.45, 2.75) is 39.5 Å². The van der Waals surface area contributed by atoms with E-state index in [-0.39, 0.29) is 0 Å². The van der Waals surface area contributed by atoms with E-state index < -0.39 is 11.6 Å². The Morgan fingerprint density at radius 1 is 1.47 bits per heavy atom. The molecule has 5 heteroatoms. The van der Waals surface area contributed by atoms with Gasteiger partial charge in [-0.1, -0.05) is 0 Å². The standard InChI is InChI=1S/C12H16N2O3/c1-12(2,3)14(11(15)16)10-9-7-17-6-8(9)4-5-13-10/h4-5H,6-7H2,1-3H3,(H,15,16). The van der Waals surface area contributed by atoms with Gasteiger partial charge in [-0.3, -0.25) is 4.90 Å². The van der Waals surface area contributed by atoms with Gasteiger partial charge in [0.05, 0.1) is 13.2 Å². The highest BCUT2D eigenvalue weighted by molar-refractivity contribution is 5.87. The summed E-state index contributed by atoms with van der Waals surface area (Å²) in [7, 11) is 0. The van der Waals surface area contributed by atoms with E-state index in [0.717, 1.165) is 11.1 Å². The number of carbonyl (C=O) groups is 1. The molecule has 0 bridgehead atoms. The Kier molecular flexibility index (Phi) is 2.79. The van der Waals surface area contributed by atoms with Crippen LogP contribution in [0.1, 0.15) is 31.9 Å². The SMILES string of the molecule is CC(C)(C)N(C(=O)O)c1nccc2c1COC2. The Labute approximate surface area is 100 Å². The molecule has 92 valence electrons. The molecule has 0 spiro atoms. The number of pyridine rings is 1.